The summed E-state index contributed by atoms with van der Waals surface area (Å²) in [6.45, 7) is 5.87. The van der Waals surface area contributed by atoms with E-state index >= 15 is 0 Å². The summed E-state index contributed by atoms with van der Waals surface area (Å²) >= 11 is 1.84. The molecule has 6 heteroatoms. The lowest BCUT2D eigenvalue weighted by Gasteiger charge is -2.23. The number of aromatic nitrogens is 2. The average molecular weight is 382 g/mol. The zero-order chi connectivity index (χ0) is 18.1. The number of benzene rings is 1. The molecule has 0 amide bonds. The van der Waals surface area contributed by atoms with E-state index in [9.17, 15) is 0 Å². The second kappa shape index (κ2) is 7.54. The molecule has 2 N–H and O–H groups in total. The Balaban J connectivity index is 1.27. The van der Waals surface area contributed by atoms with Crippen LogP contribution in [0.15, 0.2) is 30.6 Å². The van der Waals surface area contributed by atoms with Crippen molar-refractivity contribution in [1.29, 1.82) is 0 Å². The summed E-state index contributed by atoms with van der Waals surface area (Å²) in [6.07, 6.45) is 5.31. The number of quaternary nitrogens is 1. The third-order valence-electron chi connectivity index (χ3n) is 5.64. The Morgan fingerprint density at radius 2 is 1.85 bits per heavy atom. The van der Waals surface area contributed by atoms with Crippen LogP contribution in [-0.4, -0.2) is 36.3 Å². The minimum Gasteiger partial charge on any atom is -0.370 e. The van der Waals surface area contributed by atoms with E-state index in [-0.39, 0.29) is 0 Å². The van der Waals surface area contributed by atoms with Crippen LogP contribution in [0.5, 0.6) is 0 Å². The van der Waals surface area contributed by atoms with Gasteiger partial charge in [-0.1, -0.05) is 24.3 Å². The summed E-state index contributed by atoms with van der Waals surface area (Å²) in [5, 5.41) is 4.81. The van der Waals surface area contributed by atoms with Gasteiger partial charge in [0, 0.05) is 17.0 Å². The average Bonchev–Trinajstić information content (AvgIpc) is 3.29. The number of hydrogen-bond acceptors (Lipinski definition) is 5. The highest BCUT2D eigenvalue weighted by molar-refractivity contribution is 7.19. The van der Waals surface area contributed by atoms with E-state index in [1.807, 2.05) is 11.3 Å². The number of ether oxygens (including phenoxy) is 1. The molecule has 0 atom stereocenters. The molecule has 1 fully saturated rings. The van der Waals surface area contributed by atoms with Crippen LogP contribution in [-0.2, 0) is 30.7 Å². The molecular weight excluding hydrogens is 356 g/mol. The van der Waals surface area contributed by atoms with Crippen molar-refractivity contribution in [2.75, 3.05) is 31.6 Å². The molecule has 2 aromatic heterocycles. The highest BCUT2D eigenvalue weighted by Crippen LogP contribution is 2.39. The molecule has 3 heterocycles. The minimum absolute atomic E-state index is 0.793. The number of anilines is 1. The normalized spacial score (nSPS) is 17.3. The number of nitrogens with one attached hydrogen (secondary N) is 2. The van der Waals surface area contributed by atoms with E-state index in [2.05, 4.69) is 39.6 Å². The van der Waals surface area contributed by atoms with E-state index in [1.54, 1.807) is 11.2 Å². The molecule has 140 valence electrons. The van der Waals surface area contributed by atoms with Gasteiger partial charge in [-0.3, -0.25) is 0 Å². The van der Waals surface area contributed by atoms with Crippen molar-refractivity contribution in [3.63, 3.8) is 0 Å². The summed E-state index contributed by atoms with van der Waals surface area (Å²) in [7, 11) is 0. The van der Waals surface area contributed by atoms with Crippen LogP contribution in [0.1, 0.15) is 28.0 Å². The van der Waals surface area contributed by atoms with Gasteiger partial charge in [-0.15, -0.1) is 11.3 Å². The zero-order valence-corrected chi connectivity index (χ0v) is 16.3. The van der Waals surface area contributed by atoms with E-state index in [1.165, 1.54) is 39.8 Å². The molecule has 1 aliphatic carbocycles. The maximum absolute atomic E-state index is 5.44. The molecule has 0 unspecified atom stereocenters. The highest BCUT2D eigenvalue weighted by Gasteiger charge is 2.21. The molecule has 1 aliphatic heterocycles. The molecule has 0 radical (unpaired) electrons. The fraction of sp³-hybridized carbons (Fsp3) is 0.429. The van der Waals surface area contributed by atoms with Crippen LogP contribution in [0.25, 0.3) is 10.2 Å². The predicted molar refractivity (Wildman–Crippen MR) is 108 cm³/mol. The first-order chi connectivity index (χ1) is 13.4. The van der Waals surface area contributed by atoms with E-state index in [4.69, 9.17) is 4.74 Å². The van der Waals surface area contributed by atoms with Crippen LogP contribution >= 0.6 is 11.3 Å². The monoisotopic (exact) mass is 381 g/mol. The minimum atomic E-state index is 0.793. The van der Waals surface area contributed by atoms with Gasteiger partial charge >= 0.3 is 0 Å². The summed E-state index contributed by atoms with van der Waals surface area (Å²) in [5.41, 5.74) is 4.16. The number of aryl methyl sites for hydroxylation is 2. The van der Waals surface area contributed by atoms with Gasteiger partial charge in [0.1, 0.15) is 36.6 Å². The van der Waals surface area contributed by atoms with Crippen molar-refractivity contribution in [2.24, 2.45) is 0 Å². The van der Waals surface area contributed by atoms with E-state index in [0.29, 0.717) is 0 Å². The van der Waals surface area contributed by atoms with Crippen molar-refractivity contribution < 1.29 is 9.64 Å². The Bertz CT molecular complexity index is 931. The lowest BCUT2D eigenvalue weighted by Crippen LogP contribution is -3.12. The second-order valence-corrected chi connectivity index (χ2v) is 8.55. The SMILES string of the molecule is c1nc(NCc2ccc(C[NH+]3CCOCC3)cc2)c2c3c(sc2n1)CCC3. The number of rotatable bonds is 5. The van der Waals surface area contributed by atoms with Gasteiger partial charge in [-0.05, 0) is 30.4 Å². The molecule has 0 spiro atoms. The zero-order valence-electron chi connectivity index (χ0n) is 15.5. The molecule has 2 aliphatic rings. The number of morpholine rings is 1. The van der Waals surface area contributed by atoms with Gasteiger partial charge in [0.05, 0.1) is 18.6 Å². The topological polar surface area (TPSA) is 51.5 Å². The number of fused-ring (bicyclic) bond motifs is 3. The summed E-state index contributed by atoms with van der Waals surface area (Å²) < 4.78 is 5.44. The van der Waals surface area contributed by atoms with Gasteiger partial charge in [0.25, 0.3) is 0 Å². The first-order valence-electron chi connectivity index (χ1n) is 9.85. The van der Waals surface area contributed by atoms with Gasteiger partial charge in [0.2, 0.25) is 0 Å². The Morgan fingerprint density at radius 1 is 1.04 bits per heavy atom. The van der Waals surface area contributed by atoms with Crippen molar-refractivity contribution in [2.45, 2.75) is 32.4 Å². The fourth-order valence-electron chi connectivity index (χ4n) is 4.15. The summed E-state index contributed by atoms with van der Waals surface area (Å²) in [4.78, 5) is 13.3. The molecule has 0 saturated carbocycles. The molecule has 0 bridgehead atoms. The van der Waals surface area contributed by atoms with Crippen molar-refractivity contribution in [3.05, 3.63) is 52.2 Å². The molecule has 1 aromatic carbocycles. The number of hydrogen-bond donors (Lipinski definition) is 2. The third-order valence-corrected chi connectivity index (χ3v) is 6.84. The van der Waals surface area contributed by atoms with E-state index < -0.39 is 0 Å². The molecule has 5 rings (SSSR count). The van der Waals surface area contributed by atoms with Crippen molar-refractivity contribution >= 4 is 27.4 Å². The molecule has 27 heavy (non-hydrogen) atoms. The molecule has 3 aromatic rings. The largest absolute Gasteiger partial charge is 0.370 e. The van der Waals surface area contributed by atoms with Gasteiger partial charge in [0.15, 0.2) is 0 Å². The van der Waals surface area contributed by atoms with Crippen LogP contribution in [0.2, 0.25) is 0 Å². The number of thiophene rings is 1. The van der Waals surface area contributed by atoms with Crippen LogP contribution in [0.4, 0.5) is 5.82 Å². The predicted octanol–water partition coefficient (Wildman–Crippen LogP) is 2.21. The molecule has 1 saturated heterocycles. The van der Waals surface area contributed by atoms with Gasteiger partial charge < -0.3 is 15.0 Å². The van der Waals surface area contributed by atoms with Crippen LogP contribution in [0, 0.1) is 0 Å². The quantitative estimate of drug-likeness (QED) is 0.712. The number of nitrogens with zero attached hydrogens (tertiary/aromatic N) is 2. The maximum Gasteiger partial charge on any atom is 0.138 e. The fourth-order valence-corrected chi connectivity index (χ4v) is 5.38. The lowest BCUT2D eigenvalue weighted by atomic mass is 10.1. The van der Waals surface area contributed by atoms with Gasteiger partial charge in [-0.25, -0.2) is 9.97 Å². The highest BCUT2D eigenvalue weighted by atomic mass is 32.1. The van der Waals surface area contributed by atoms with Crippen LogP contribution < -0.4 is 10.2 Å². The maximum atomic E-state index is 5.44. The van der Waals surface area contributed by atoms with Crippen molar-refractivity contribution in [1.82, 2.24) is 9.97 Å². The second-order valence-electron chi connectivity index (χ2n) is 7.47. The van der Waals surface area contributed by atoms with Crippen LogP contribution in [0.3, 0.4) is 0 Å². The first kappa shape index (κ1) is 17.1. The third kappa shape index (κ3) is 3.57. The summed E-state index contributed by atoms with van der Waals surface area (Å²) in [5.74, 6) is 0.987. The smallest absolute Gasteiger partial charge is 0.138 e. The Morgan fingerprint density at radius 3 is 2.70 bits per heavy atom. The Kier molecular flexibility index (Phi) is 4.78. The molecule has 5 nitrogen and oxygen atoms in total. The standard InChI is InChI=1S/C21H24N4OS/c1-2-17-18(3-1)27-21-19(17)20(23-14-24-21)22-12-15-4-6-16(7-5-15)13-25-8-10-26-11-9-25/h4-7,14H,1-3,8-13H2,(H,22,23,24)/p+1. The molecular formula is C21H25N4OS+. The first-order valence-corrected chi connectivity index (χ1v) is 10.7. The van der Waals surface area contributed by atoms with Gasteiger partial charge in [-0.2, -0.15) is 0 Å². The van der Waals surface area contributed by atoms with E-state index in [0.717, 1.165) is 56.5 Å². The van der Waals surface area contributed by atoms with Crippen molar-refractivity contribution in [3.8, 4) is 0 Å². The summed E-state index contributed by atoms with van der Waals surface area (Å²) in [6, 6.07) is 8.99. The Hall–Kier alpha value is -2.02. The lowest BCUT2D eigenvalue weighted by molar-refractivity contribution is -0.921. The Labute approximate surface area is 163 Å².